The SMILES string of the molecule is COC(=O)c1cc(N/C(=C(\C)C2CCCCC2)c2ccc(OCc3ccccc3)cc2)n(C=O)n1. The van der Waals surface area contributed by atoms with Gasteiger partial charge >= 0.3 is 5.97 Å². The zero-order valence-corrected chi connectivity index (χ0v) is 20.2. The van der Waals surface area contributed by atoms with Crippen LogP contribution in [0.15, 0.2) is 66.2 Å². The van der Waals surface area contributed by atoms with Crippen molar-refractivity contribution in [1.29, 1.82) is 0 Å². The van der Waals surface area contributed by atoms with Gasteiger partial charge in [0.05, 0.1) is 7.11 Å². The Bertz CT molecular complexity index is 1180. The zero-order chi connectivity index (χ0) is 24.6. The minimum atomic E-state index is -0.594. The minimum absolute atomic E-state index is 0.0708. The van der Waals surface area contributed by atoms with Gasteiger partial charge in [-0.15, -0.1) is 0 Å². The number of anilines is 1. The van der Waals surface area contributed by atoms with E-state index in [4.69, 9.17) is 9.47 Å². The van der Waals surface area contributed by atoms with E-state index in [1.54, 1.807) is 0 Å². The van der Waals surface area contributed by atoms with E-state index in [1.165, 1.54) is 38.0 Å². The number of nitrogens with zero attached hydrogens (tertiary/aromatic N) is 2. The molecule has 1 fully saturated rings. The monoisotopic (exact) mass is 473 g/mol. The van der Waals surface area contributed by atoms with E-state index in [0.717, 1.165) is 40.1 Å². The second kappa shape index (κ2) is 11.5. The molecule has 7 nitrogen and oxygen atoms in total. The third kappa shape index (κ3) is 5.98. The molecule has 0 amide bonds. The lowest BCUT2D eigenvalue weighted by atomic mass is 9.83. The molecule has 0 unspecified atom stereocenters. The summed E-state index contributed by atoms with van der Waals surface area (Å²) in [5.41, 5.74) is 4.28. The number of aromatic nitrogens is 2. The number of hydrogen-bond donors (Lipinski definition) is 1. The molecule has 1 aromatic heterocycles. The van der Waals surface area contributed by atoms with Gasteiger partial charge in [-0.05, 0) is 66.6 Å². The Labute approximate surface area is 205 Å². The van der Waals surface area contributed by atoms with Crippen molar-refractivity contribution in [1.82, 2.24) is 9.78 Å². The van der Waals surface area contributed by atoms with Gasteiger partial charge < -0.3 is 14.8 Å². The van der Waals surface area contributed by atoms with Gasteiger partial charge in [-0.3, -0.25) is 4.79 Å². The van der Waals surface area contributed by atoms with Gasteiger partial charge in [0.15, 0.2) is 5.69 Å². The molecule has 1 heterocycles. The highest BCUT2D eigenvalue weighted by molar-refractivity contribution is 5.90. The largest absolute Gasteiger partial charge is 0.489 e. The first kappa shape index (κ1) is 24.3. The lowest BCUT2D eigenvalue weighted by molar-refractivity contribution is 0.0593. The summed E-state index contributed by atoms with van der Waals surface area (Å²) in [6, 6.07) is 19.5. The Hall–Kier alpha value is -3.87. The number of rotatable bonds is 9. The van der Waals surface area contributed by atoms with Crippen molar-refractivity contribution in [2.24, 2.45) is 5.92 Å². The number of carbonyl (C=O) groups is 2. The van der Waals surface area contributed by atoms with Crippen LogP contribution in [-0.2, 0) is 16.1 Å². The van der Waals surface area contributed by atoms with Crippen molar-refractivity contribution in [2.75, 3.05) is 12.4 Å². The highest BCUT2D eigenvalue weighted by atomic mass is 16.5. The summed E-state index contributed by atoms with van der Waals surface area (Å²) in [7, 11) is 1.29. The topological polar surface area (TPSA) is 82.5 Å². The maximum absolute atomic E-state index is 12.0. The van der Waals surface area contributed by atoms with Crippen LogP contribution in [0.1, 0.15) is 60.6 Å². The van der Waals surface area contributed by atoms with E-state index in [9.17, 15) is 9.59 Å². The predicted octanol–water partition coefficient (Wildman–Crippen LogP) is 5.71. The standard InChI is InChI=1S/C28H31N3O4/c1-20(22-11-7-4-8-12-22)27(29-26-17-25(28(33)34-2)30-31(26)19-32)23-13-15-24(16-14-23)35-18-21-9-5-3-6-10-21/h3,5-6,9-10,13-17,19,22,29H,4,7-8,11-12,18H2,1-2H3/b27-20+. The Morgan fingerprint density at radius 1 is 1.09 bits per heavy atom. The molecule has 0 aliphatic heterocycles. The Morgan fingerprint density at radius 3 is 2.46 bits per heavy atom. The Balaban J connectivity index is 1.62. The van der Waals surface area contributed by atoms with Gasteiger partial charge in [0.1, 0.15) is 18.2 Å². The third-order valence-electron chi connectivity index (χ3n) is 6.49. The first-order valence-corrected chi connectivity index (χ1v) is 12.0. The van der Waals surface area contributed by atoms with Crippen LogP contribution in [0.5, 0.6) is 5.75 Å². The molecule has 1 N–H and O–H groups in total. The van der Waals surface area contributed by atoms with Crippen LogP contribution < -0.4 is 10.1 Å². The third-order valence-corrected chi connectivity index (χ3v) is 6.49. The molecular weight excluding hydrogens is 442 g/mol. The van der Waals surface area contributed by atoms with E-state index in [1.807, 2.05) is 54.6 Å². The molecule has 7 heteroatoms. The van der Waals surface area contributed by atoms with Crippen LogP contribution in [0.2, 0.25) is 0 Å². The fraction of sp³-hybridized carbons (Fsp3) is 0.321. The van der Waals surface area contributed by atoms with E-state index in [-0.39, 0.29) is 5.69 Å². The maximum Gasteiger partial charge on any atom is 0.358 e. The summed E-state index contributed by atoms with van der Waals surface area (Å²) in [5, 5.41) is 7.44. The second-order valence-electron chi connectivity index (χ2n) is 8.77. The fourth-order valence-electron chi connectivity index (χ4n) is 4.50. The molecule has 35 heavy (non-hydrogen) atoms. The van der Waals surface area contributed by atoms with Gasteiger partial charge in [0, 0.05) is 11.8 Å². The molecule has 0 atom stereocenters. The maximum atomic E-state index is 12.0. The molecule has 182 valence electrons. The molecule has 0 spiro atoms. The van der Waals surface area contributed by atoms with Crippen LogP contribution >= 0.6 is 0 Å². The highest BCUT2D eigenvalue weighted by Crippen LogP contribution is 2.35. The summed E-state index contributed by atoms with van der Waals surface area (Å²) in [5.74, 6) is 1.05. The number of methoxy groups -OCH3 is 1. The number of hydrogen-bond acceptors (Lipinski definition) is 6. The molecule has 0 saturated heterocycles. The summed E-state index contributed by atoms with van der Waals surface area (Å²) < 4.78 is 11.8. The van der Waals surface area contributed by atoms with E-state index < -0.39 is 5.97 Å². The molecule has 3 aromatic rings. The van der Waals surface area contributed by atoms with Crippen molar-refractivity contribution >= 4 is 23.9 Å². The van der Waals surface area contributed by atoms with Gasteiger partial charge in [-0.2, -0.15) is 9.78 Å². The van der Waals surface area contributed by atoms with Crippen LogP contribution in [0.25, 0.3) is 5.70 Å². The highest BCUT2D eigenvalue weighted by Gasteiger charge is 2.21. The van der Waals surface area contributed by atoms with Gasteiger partial charge in [0.2, 0.25) is 6.41 Å². The number of nitrogens with one attached hydrogen (secondary N) is 1. The Kier molecular flexibility index (Phi) is 7.98. The van der Waals surface area contributed by atoms with Crippen LogP contribution in [0.4, 0.5) is 5.82 Å². The van der Waals surface area contributed by atoms with Crippen molar-refractivity contribution in [3.05, 3.63) is 83.1 Å². The van der Waals surface area contributed by atoms with Crippen molar-refractivity contribution in [3.63, 3.8) is 0 Å². The van der Waals surface area contributed by atoms with Crippen LogP contribution in [0.3, 0.4) is 0 Å². The number of benzene rings is 2. The molecule has 0 bridgehead atoms. The normalized spacial score (nSPS) is 14.7. The number of carbonyl (C=O) groups excluding carboxylic acids is 2. The molecule has 4 rings (SSSR count). The minimum Gasteiger partial charge on any atom is -0.489 e. The van der Waals surface area contributed by atoms with E-state index in [0.29, 0.717) is 24.8 Å². The number of esters is 1. The second-order valence-corrected chi connectivity index (χ2v) is 8.77. The van der Waals surface area contributed by atoms with Gasteiger partial charge in [0.25, 0.3) is 0 Å². The van der Waals surface area contributed by atoms with Gasteiger partial charge in [-0.25, -0.2) is 4.79 Å². The van der Waals surface area contributed by atoms with E-state index >= 15 is 0 Å². The molecule has 1 aliphatic rings. The molecule has 2 aromatic carbocycles. The first-order valence-electron chi connectivity index (χ1n) is 12.0. The fourth-order valence-corrected chi connectivity index (χ4v) is 4.50. The molecule has 1 aliphatic carbocycles. The summed E-state index contributed by atoms with van der Waals surface area (Å²) in [6.45, 7) is 2.64. The van der Waals surface area contributed by atoms with Crippen LogP contribution in [0, 0.1) is 5.92 Å². The molecule has 0 radical (unpaired) electrons. The van der Waals surface area contributed by atoms with Crippen molar-refractivity contribution in [2.45, 2.75) is 45.6 Å². The average Bonchev–Trinajstić information content (AvgIpc) is 3.34. The summed E-state index contributed by atoms with van der Waals surface area (Å²) in [4.78, 5) is 23.6. The van der Waals surface area contributed by atoms with Gasteiger partial charge in [-0.1, -0.05) is 49.6 Å². The molecular formula is C28H31N3O4. The predicted molar refractivity (Wildman–Crippen MR) is 136 cm³/mol. The smallest absolute Gasteiger partial charge is 0.358 e. The van der Waals surface area contributed by atoms with Crippen molar-refractivity contribution in [3.8, 4) is 5.75 Å². The zero-order valence-electron chi connectivity index (χ0n) is 20.2. The summed E-state index contributed by atoms with van der Waals surface area (Å²) in [6.07, 6.45) is 6.52. The molecule has 1 saturated carbocycles. The number of allylic oxidation sites excluding steroid dienone is 1. The van der Waals surface area contributed by atoms with E-state index in [2.05, 4.69) is 17.3 Å². The Morgan fingerprint density at radius 2 is 1.80 bits per heavy atom. The lowest BCUT2D eigenvalue weighted by Crippen LogP contribution is -2.14. The number of ether oxygens (including phenoxy) is 2. The first-order chi connectivity index (χ1) is 17.1. The average molecular weight is 474 g/mol. The van der Waals surface area contributed by atoms with Crippen molar-refractivity contribution < 1.29 is 19.1 Å². The lowest BCUT2D eigenvalue weighted by Gasteiger charge is -2.26. The summed E-state index contributed by atoms with van der Waals surface area (Å²) >= 11 is 0. The van der Waals surface area contributed by atoms with Crippen LogP contribution in [-0.4, -0.2) is 29.3 Å². The quantitative estimate of drug-likeness (QED) is 0.317.